The minimum absolute atomic E-state index is 0.199. The highest BCUT2D eigenvalue weighted by atomic mass is 32.2. The number of carbonyl (C=O) groups excluding carboxylic acids is 1. The Morgan fingerprint density at radius 1 is 1.36 bits per heavy atom. The smallest absolute Gasteiger partial charge is 0.232 e. The molecule has 0 radical (unpaired) electrons. The van der Waals surface area contributed by atoms with Gasteiger partial charge < -0.3 is 10.6 Å². The van der Waals surface area contributed by atoms with Crippen molar-refractivity contribution in [2.24, 2.45) is 0 Å². The summed E-state index contributed by atoms with van der Waals surface area (Å²) in [5.41, 5.74) is 5.71. The van der Waals surface area contributed by atoms with Crippen LogP contribution in [0.15, 0.2) is 47.5 Å². The van der Waals surface area contributed by atoms with Crippen molar-refractivity contribution in [2.75, 3.05) is 31.6 Å². The Labute approximate surface area is 152 Å². The standard InChI is InChI=1S/C18H23N5OS/c1-22(12-17-20-9-7-16(19)21-17)14-8-10-23(11-14)18(24)13-25-15-5-3-2-4-6-15/h2-7,9,14H,8,10-13H2,1H3,(H2,19,20,21)/t14-/m0/s1. The molecule has 1 fully saturated rings. The second-order valence-corrected chi connectivity index (χ2v) is 7.25. The molecule has 1 saturated heterocycles. The van der Waals surface area contributed by atoms with Crippen molar-refractivity contribution in [2.45, 2.75) is 23.9 Å². The van der Waals surface area contributed by atoms with E-state index in [4.69, 9.17) is 5.73 Å². The van der Waals surface area contributed by atoms with E-state index in [0.717, 1.165) is 24.4 Å². The van der Waals surface area contributed by atoms with Gasteiger partial charge in [-0.2, -0.15) is 0 Å². The first-order chi connectivity index (χ1) is 12.1. The highest BCUT2D eigenvalue weighted by molar-refractivity contribution is 8.00. The lowest BCUT2D eigenvalue weighted by Gasteiger charge is -2.24. The Morgan fingerprint density at radius 3 is 2.92 bits per heavy atom. The Balaban J connectivity index is 1.48. The summed E-state index contributed by atoms with van der Waals surface area (Å²) in [4.78, 5) is 26.2. The van der Waals surface area contributed by atoms with E-state index in [2.05, 4.69) is 14.9 Å². The van der Waals surface area contributed by atoms with E-state index in [0.29, 0.717) is 30.0 Å². The van der Waals surface area contributed by atoms with Crippen molar-refractivity contribution >= 4 is 23.5 Å². The second kappa shape index (κ2) is 8.31. The maximum absolute atomic E-state index is 12.4. The minimum atomic E-state index is 0.199. The lowest BCUT2D eigenvalue weighted by Crippen LogP contribution is -2.37. The number of anilines is 1. The molecule has 1 aromatic carbocycles. The van der Waals surface area contributed by atoms with Crippen molar-refractivity contribution in [3.05, 3.63) is 48.4 Å². The molecule has 3 rings (SSSR count). The third-order valence-corrected chi connectivity index (χ3v) is 5.36. The quantitative estimate of drug-likeness (QED) is 0.796. The van der Waals surface area contributed by atoms with E-state index in [1.54, 1.807) is 24.0 Å². The lowest BCUT2D eigenvalue weighted by atomic mass is 10.2. The van der Waals surface area contributed by atoms with Gasteiger partial charge in [-0.25, -0.2) is 9.97 Å². The van der Waals surface area contributed by atoms with Crippen molar-refractivity contribution in [3.63, 3.8) is 0 Å². The topological polar surface area (TPSA) is 75.4 Å². The molecule has 1 aliphatic rings. The number of nitrogens with zero attached hydrogens (tertiary/aromatic N) is 4. The van der Waals surface area contributed by atoms with Crippen LogP contribution in [0.3, 0.4) is 0 Å². The van der Waals surface area contributed by atoms with E-state index in [1.165, 1.54) is 0 Å². The molecule has 0 saturated carbocycles. The van der Waals surface area contributed by atoms with Crippen LogP contribution in [0.2, 0.25) is 0 Å². The van der Waals surface area contributed by atoms with Crippen molar-refractivity contribution in [3.8, 4) is 0 Å². The third kappa shape index (κ3) is 4.93. The van der Waals surface area contributed by atoms with Crippen LogP contribution in [0, 0.1) is 0 Å². The Bertz CT molecular complexity index is 712. The predicted octanol–water partition coefficient (Wildman–Crippen LogP) is 1.88. The molecule has 2 heterocycles. The van der Waals surface area contributed by atoms with E-state index in [1.807, 2.05) is 42.3 Å². The summed E-state index contributed by atoms with van der Waals surface area (Å²) in [5.74, 6) is 1.88. The highest BCUT2D eigenvalue weighted by Crippen LogP contribution is 2.21. The number of hydrogen-bond acceptors (Lipinski definition) is 6. The van der Waals surface area contributed by atoms with E-state index in [-0.39, 0.29) is 5.91 Å². The number of amides is 1. The van der Waals surface area contributed by atoms with Crippen LogP contribution in [-0.2, 0) is 11.3 Å². The molecule has 1 amide bonds. The van der Waals surface area contributed by atoms with Gasteiger partial charge in [-0.1, -0.05) is 18.2 Å². The van der Waals surface area contributed by atoms with Crippen LogP contribution >= 0.6 is 11.8 Å². The molecule has 132 valence electrons. The van der Waals surface area contributed by atoms with Gasteiger partial charge in [-0.15, -0.1) is 11.8 Å². The number of rotatable bonds is 6. The average Bonchev–Trinajstić information content (AvgIpc) is 3.11. The third-order valence-electron chi connectivity index (χ3n) is 4.36. The van der Waals surface area contributed by atoms with Crippen LogP contribution < -0.4 is 5.73 Å². The van der Waals surface area contributed by atoms with Crippen LogP contribution in [-0.4, -0.2) is 57.6 Å². The highest BCUT2D eigenvalue weighted by Gasteiger charge is 2.29. The fraction of sp³-hybridized carbons (Fsp3) is 0.389. The number of hydrogen-bond donors (Lipinski definition) is 1. The molecule has 1 atom stereocenters. The molecule has 1 aliphatic heterocycles. The molecule has 0 unspecified atom stereocenters. The summed E-state index contributed by atoms with van der Waals surface area (Å²) in [6, 6.07) is 12.0. The average molecular weight is 357 g/mol. The molecule has 2 N–H and O–H groups in total. The molecule has 0 bridgehead atoms. The fourth-order valence-corrected chi connectivity index (χ4v) is 3.75. The monoisotopic (exact) mass is 357 g/mol. The van der Waals surface area contributed by atoms with Crippen molar-refractivity contribution in [1.29, 1.82) is 0 Å². The zero-order valence-corrected chi connectivity index (χ0v) is 15.2. The van der Waals surface area contributed by atoms with Gasteiger partial charge in [0.2, 0.25) is 5.91 Å². The molecule has 25 heavy (non-hydrogen) atoms. The Kier molecular flexibility index (Phi) is 5.88. The Hall–Kier alpha value is -2.12. The summed E-state index contributed by atoms with van der Waals surface area (Å²) >= 11 is 1.59. The number of nitrogens with two attached hydrogens (primary N) is 1. The van der Waals surface area contributed by atoms with Crippen LogP contribution in [0.5, 0.6) is 0 Å². The predicted molar refractivity (Wildman–Crippen MR) is 100 cm³/mol. The molecule has 6 nitrogen and oxygen atoms in total. The van der Waals surface area contributed by atoms with Gasteiger partial charge >= 0.3 is 0 Å². The molecule has 0 spiro atoms. The van der Waals surface area contributed by atoms with Crippen LogP contribution in [0.4, 0.5) is 5.82 Å². The lowest BCUT2D eigenvalue weighted by molar-refractivity contribution is -0.127. The molecule has 2 aromatic rings. The first-order valence-electron chi connectivity index (χ1n) is 8.35. The molecule has 1 aromatic heterocycles. The van der Waals surface area contributed by atoms with Gasteiger partial charge in [0.25, 0.3) is 0 Å². The largest absolute Gasteiger partial charge is 0.384 e. The molecular formula is C18H23N5OS. The van der Waals surface area contributed by atoms with Crippen molar-refractivity contribution in [1.82, 2.24) is 19.8 Å². The Morgan fingerprint density at radius 2 is 2.16 bits per heavy atom. The number of carbonyl (C=O) groups is 1. The van der Waals surface area contributed by atoms with Crippen molar-refractivity contribution < 1.29 is 4.79 Å². The molecule has 0 aliphatic carbocycles. The minimum Gasteiger partial charge on any atom is -0.384 e. The zero-order valence-electron chi connectivity index (χ0n) is 14.3. The number of likely N-dealkylation sites (N-methyl/N-ethyl adjacent to an activating group) is 1. The van der Waals surface area contributed by atoms with Gasteiger partial charge in [0, 0.05) is 30.2 Å². The van der Waals surface area contributed by atoms with Gasteiger partial charge in [0.05, 0.1) is 12.3 Å². The van der Waals surface area contributed by atoms with Gasteiger partial charge in [0.15, 0.2) is 0 Å². The normalized spacial score (nSPS) is 17.2. The summed E-state index contributed by atoms with van der Waals surface area (Å²) in [6.45, 7) is 2.20. The fourth-order valence-electron chi connectivity index (χ4n) is 2.92. The summed E-state index contributed by atoms with van der Waals surface area (Å²) < 4.78 is 0. The maximum atomic E-state index is 12.4. The van der Waals surface area contributed by atoms with E-state index < -0.39 is 0 Å². The first-order valence-corrected chi connectivity index (χ1v) is 9.33. The van der Waals surface area contributed by atoms with Crippen LogP contribution in [0.25, 0.3) is 0 Å². The molecular weight excluding hydrogens is 334 g/mol. The number of aromatic nitrogens is 2. The number of benzene rings is 1. The van der Waals surface area contributed by atoms with E-state index >= 15 is 0 Å². The number of nitrogen functional groups attached to an aromatic ring is 1. The van der Waals surface area contributed by atoms with Gasteiger partial charge in [0.1, 0.15) is 11.6 Å². The summed E-state index contributed by atoms with van der Waals surface area (Å²) in [7, 11) is 2.05. The van der Waals surface area contributed by atoms with E-state index in [9.17, 15) is 4.79 Å². The van der Waals surface area contributed by atoms with Gasteiger partial charge in [-0.3, -0.25) is 9.69 Å². The zero-order chi connectivity index (χ0) is 17.6. The summed E-state index contributed by atoms with van der Waals surface area (Å²) in [5, 5.41) is 0. The second-order valence-electron chi connectivity index (χ2n) is 6.20. The van der Waals surface area contributed by atoms with Gasteiger partial charge in [-0.05, 0) is 31.7 Å². The van der Waals surface area contributed by atoms with Crippen LogP contribution in [0.1, 0.15) is 12.2 Å². The first kappa shape index (κ1) is 17.7. The number of likely N-dealkylation sites (tertiary alicyclic amines) is 1. The SMILES string of the molecule is CN(Cc1nccc(N)n1)[C@H]1CCN(C(=O)CSc2ccccc2)C1. The maximum Gasteiger partial charge on any atom is 0.232 e. The number of thioether (sulfide) groups is 1. The molecule has 7 heteroatoms. The summed E-state index contributed by atoms with van der Waals surface area (Å²) in [6.07, 6.45) is 2.65.